The zero-order chi connectivity index (χ0) is 17.4. The van der Waals surface area contributed by atoms with Crippen LogP contribution in [-0.2, 0) is 6.54 Å². The molecule has 24 heavy (non-hydrogen) atoms. The van der Waals surface area contributed by atoms with E-state index in [4.69, 9.17) is 5.73 Å². The molecule has 0 saturated carbocycles. The Morgan fingerprint density at radius 3 is 2.42 bits per heavy atom. The summed E-state index contributed by atoms with van der Waals surface area (Å²) in [5.74, 6) is 0.171. The van der Waals surface area contributed by atoms with Crippen LogP contribution < -0.4 is 5.73 Å². The van der Waals surface area contributed by atoms with Crippen LogP contribution in [0.15, 0.2) is 24.5 Å². The van der Waals surface area contributed by atoms with Crippen LogP contribution in [0.1, 0.15) is 32.7 Å². The number of rotatable bonds is 3. The van der Waals surface area contributed by atoms with Gasteiger partial charge in [-0.1, -0.05) is 12.1 Å². The second-order valence-corrected chi connectivity index (χ2v) is 6.19. The molecule has 2 aromatic heterocycles. The number of fused-ring (bicyclic) bond motifs is 1. The Labute approximate surface area is 140 Å². The van der Waals surface area contributed by atoms with Gasteiger partial charge >= 0.3 is 0 Å². The minimum absolute atomic E-state index is 0.0562. The van der Waals surface area contributed by atoms with Crippen molar-refractivity contribution in [2.24, 2.45) is 0 Å². The summed E-state index contributed by atoms with van der Waals surface area (Å²) in [6.45, 7) is 6.51. The molecular weight excluding hydrogens is 302 g/mol. The van der Waals surface area contributed by atoms with Gasteiger partial charge in [-0.3, -0.25) is 4.79 Å². The van der Waals surface area contributed by atoms with Gasteiger partial charge in [0.05, 0.1) is 0 Å². The van der Waals surface area contributed by atoms with Crippen LogP contribution in [0.25, 0.3) is 10.9 Å². The van der Waals surface area contributed by atoms with Crippen molar-refractivity contribution in [2.45, 2.75) is 27.3 Å². The molecule has 124 valence electrons. The summed E-state index contributed by atoms with van der Waals surface area (Å²) in [6, 6.07) is 4.15. The molecule has 3 rings (SSSR count). The predicted molar refractivity (Wildman–Crippen MR) is 94.8 cm³/mol. The van der Waals surface area contributed by atoms with Gasteiger partial charge in [0.15, 0.2) is 0 Å². The molecule has 3 aromatic rings. The average molecular weight is 323 g/mol. The zero-order valence-corrected chi connectivity index (χ0v) is 14.3. The van der Waals surface area contributed by atoms with Crippen LogP contribution in [-0.4, -0.2) is 32.8 Å². The van der Waals surface area contributed by atoms with E-state index in [1.54, 1.807) is 24.3 Å². The monoisotopic (exact) mass is 323 g/mol. The number of anilines is 1. The fourth-order valence-electron chi connectivity index (χ4n) is 3.00. The molecule has 0 aliphatic carbocycles. The number of carbonyl (C=O) groups is 1. The molecular formula is C18H21N5O. The maximum Gasteiger partial charge on any atom is 0.270 e. The number of H-pyrrole nitrogens is 1. The second-order valence-electron chi connectivity index (χ2n) is 6.19. The van der Waals surface area contributed by atoms with Crippen molar-refractivity contribution in [3.05, 3.63) is 52.5 Å². The molecule has 0 bridgehead atoms. The second kappa shape index (κ2) is 5.96. The van der Waals surface area contributed by atoms with E-state index in [0.29, 0.717) is 12.2 Å². The zero-order valence-electron chi connectivity index (χ0n) is 14.3. The summed E-state index contributed by atoms with van der Waals surface area (Å²) in [4.78, 5) is 25.7. The molecule has 0 radical (unpaired) electrons. The third-order valence-electron chi connectivity index (χ3n) is 4.33. The van der Waals surface area contributed by atoms with E-state index in [9.17, 15) is 4.79 Å². The highest BCUT2D eigenvalue weighted by atomic mass is 16.2. The van der Waals surface area contributed by atoms with Gasteiger partial charge < -0.3 is 15.6 Å². The molecule has 0 saturated heterocycles. The molecule has 2 heterocycles. The number of hydrogen-bond donors (Lipinski definition) is 2. The fraction of sp³-hybridized carbons (Fsp3) is 0.278. The van der Waals surface area contributed by atoms with Crippen LogP contribution in [0.5, 0.6) is 0 Å². The first-order valence-corrected chi connectivity index (χ1v) is 7.79. The number of benzene rings is 1. The molecule has 0 atom stereocenters. The Morgan fingerprint density at radius 1 is 1.17 bits per heavy atom. The SMILES string of the molecule is Cc1ccc(C)c2c(C)c(C(=O)N(C)Cc3cnc(N)nc3)[nH]c12. The molecule has 3 N–H and O–H groups in total. The maximum absolute atomic E-state index is 12.9. The topological polar surface area (TPSA) is 87.9 Å². The molecule has 0 fully saturated rings. The van der Waals surface area contributed by atoms with Crippen molar-refractivity contribution < 1.29 is 4.79 Å². The highest BCUT2D eigenvalue weighted by Gasteiger charge is 2.20. The van der Waals surface area contributed by atoms with E-state index in [0.717, 1.165) is 33.2 Å². The number of aromatic amines is 1. The first-order valence-electron chi connectivity index (χ1n) is 7.79. The molecule has 0 aliphatic heterocycles. The van der Waals surface area contributed by atoms with Crippen molar-refractivity contribution in [3.63, 3.8) is 0 Å². The van der Waals surface area contributed by atoms with Gasteiger partial charge in [-0.25, -0.2) is 9.97 Å². The first-order chi connectivity index (χ1) is 11.4. The van der Waals surface area contributed by atoms with Crippen LogP contribution in [0.3, 0.4) is 0 Å². The molecule has 6 heteroatoms. The van der Waals surface area contributed by atoms with Crippen molar-refractivity contribution in [2.75, 3.05) is 12.8 Å². The lowest BCUT2D eigenvalue weighted by Crippen LogP contribution is -2.27. The Morgan fingerprint density at radius 2 is 1.79 bits per heavy atom. The Bertz CT molecular complexity index is 911. The minimum atomic E-state index is -0.0562. The van der Waals surface area contributed by atoms with Crippen molar-refractivity contribution in [3.8, 4) is 0 Å². The number of nitrogens with one attached hydrogen (secondary N) is 1. The van der Waals surface area contributed by atoms with Gasteiger partial charge in [0.25, 0.3) is 5.91 Å². The van der Waals surface area contributed by atoms with Gasteiger partial charge in [0, 0.05) is 42.5 Å². The Balaban J connectivity index is 1.93. The van der Waals surface area contributed by atoms with Crippen LogP contribution in [0, 0.1) is 20.8 Å². The number of nitrogen functional groups attached to an aromatic ring is 1. The summed E-state index contributed by atoms with van der Waals surface area (Å²) in [5.41, 5.74) is 11.3. The van der Waals surface area contributed by atoms with Crippen LogP contribution in [0.2, 0.25) is 0 Å². The highest BCUT2D eigenvalue weighted by molar-refractivity contribution is 6.02. The van der Waals surface area contributed by atoms with Gasteiger partial charge in [0.1, 0.15) is 5.69 Å². The Hall–Kier alpha value is -2.89. The molecule has 0 aliphatic rings. The predicted octanol–water partition coefficient (Wildman–Crippen LogP) is 2.74. The standard InChI is InChI=1S/C18H21N5O/c1-10-5-6-11(2)15-14(10)12(3)16(22-15)17(24)23(4)9-13-7-20-18(19)21-8-13/h5-8,22H,9H2,1-4H3,(H2,19,20,21). The van der Waals surface area contributed by atoms with Crippen LogP contribution in [0.4, 0.5) is 5.95 Å². The molecule has 0 spiro atoms. The number of hydrogen-bond acceptors (Lipinski definition) is 4. The fourth-order valence-corrected chi connectivity index (χ4v) is 3.00. The Kier molecular flexibility index (Phi) is 3.97. The summed E-state index contributed by atoms with van der Waals surface area (Å²) >= 11 is 0. The molecule has 0 unspecified atom stereocenters. The van der Waals surface area contributed by atoms with E-state index < -0.39 is 0 Å². The van der Waals surface area contributed by atoms with E-state index in [2.05, 4.69) is 34.0 Å². The maximum atomic E-state index is 12.9. The number of aryl methyl sites for hydroxylation is 3. The summed E-state index contributed by atoms with van der Waals surface area (Å²) in [7, 11) is 1.77. The van der Waals surface area contributed by atoms with Gasteiger partial charge in [-0.15, -0.1) is 0 Å². The number of nitrogens with two attached hydrogens (primary N) is 1. The number of carbonyl (C=O) groups excluding carboxylic acids is 1. The summed E-state index contributed by atoms with van der Waals surface area (Å²) in [5, 5.41) is 1.13. The molecule has 1 aromatic carbocycles. The number of nitrogens with zero attached hydrogens (tertiary/aromatic N) is 3. The number of aromatic nitrogens is 3. The van der Waals surface area contributed by atoms with Gasteiger partial charge in [-0.2, -0.15) is 0 Å². The molecule has 1 amide bonds. The average Bonchev–Trinajstić information content (AvgIpc) is 2.91. The first kappa shape index (κ1) is 16.0. The van der Waals surface area contributed by atoms with Crippen LogP contribution >= 0.6 is 0 Å². The highest BCUT2D eigenvalue weighted by Crippen LogP contribution is 2.28. The van der Waals surface area contributed by atoms with E-state index >= 15 is 0 Å². The summed E-state index contributed by atoms with van der Waals surface area (Å²) in [6.07, 6.45) is 3.27. The van der Waals surface area contributed by atoms with E-state index in [-0.39, 0.29) is 11.9 Å². The minimum Gasteiger partial charge on any atom is -0.368 e. The van der Waals surface area contributed by atoms with Gasteiger partial charge in [0.2, 0.25) is 5.95 Å². The normalized spacial score (nSPS) is 11.0. The van der Waals surface area contributed by atoms with Crippen molar-refractivity contribution in [1.29, 1.82) is 0 Å². The van der Waals surface area contributed by atoms with Crippen molar-refractivity contribution >= 4 is 22.8 Å². The lowest BCUT2D eigenvalue weighted by atomic mass is 10.0. The van der Waals surface area contributed by atoms with Crippen molar-refractivity contribution in [1.82, 2.24) is 19.9 Å². The molecule has 6 nitrogen and oxygen atoms in total. The third-order valence-corrected chi connectivity index (χ3v) is 4.33. The smallest absolute Gasteiger partial charge is 0.270 e. The summed E-state index contributed by atoms with van der Waals surface area (Å²) < 4.78 is 0. The lowest BCUT2D eigenvalue weighted by Gasteiger charge is -2.16. The van der Waals surface area contributed by atoms with E-state index in [1.807, 2.05) is 13.8 Å². The van der Waals surface area contributed by atoms with Gasteiger partial charge in [-0.05, 0) is 37.5 Å². The van der Waals surface area contributed by atoms with E-state index in [1.165, 1.54) is 0 Å². The third kappa shape index (κ3) is 2.71. The quantitative estimate of drug-likeness (QED) is 0.776. The number of amides is 1. The largest absolute Gasteiger partial charge is 0.368 e. The lowest BCUT2D eigenvalue weighted by molar-refractivity contribution is 0.0779.